The van der Waals surface area contributed by atoms with Crippen LogP contribution in [0.3, 0.4) is 0 Å². The zero-order valence-corrected chi connectivity index (χ0v) is 15.4. The van der Waals surface area contributed by atoms with E-state index in [1.807, 2.05) is 18.2 Å². The molecule has 0 aliphatic heterocycles. The molecule has 118 valence electrons. The molecule has 0 bridgehead atoms. The normalized spacial score (nSPS) is 13.5. The number of halogens is 1. The van der Waals surface area contributed by atoms with Crippen molar-refractivity contribution < 1.29 is 5.11 Å². The Hall–Kier alpha value is -1.47. The van der Waals surface area contributed by atoms with Crippen molar-refractivity contribution in [1.29, 1.82) is 0 Å². The van der Waals surface area contributed by atoms with Gasteiger partial charge in [-0.3, -0.25) is 0 Å². The molecule has 0 saturated carbocycles. The van der Waals surface area contributed by atoms with Gasteiger partial charge in [-0.15, -0.1) is 0 Å². The number of rotatable bonds is 5. The molecular weight excluding hydrogens is 367 g/mol. The Morgan fingerprint density at radius 2 is 0.957 bits per heavy atom. The molecule has 3 rings (SSSR count). The van der Waals surface area contributed by atoms with Crippen molar-refractivity contribution in [2.45, 2.75) is 5.01 Å². The average Bonchev–Trinajstić information content (AvgIpc) is 2.62. The Labute approximate surface area is 146 Å². The Balaban J connectivity index is 2.30. The molecule has 1 nitrogen and oxygen atoms in total. The van der Waals surface area contributed by atoms with Crippen molar-refractivity contribution in [3.8, 4) is 0 Å². The average molecular weight is 387 g/mol. The van der Waals surface area contributed by atoms with Crippen LogP contribution >= 0.6 is 23.2 Å². The molecule has 1 atom stereocenters. The van der Waals surface area contributed by atoms with Crippen LogP contribution in [0.1, 0.15) is 0 Å². The molecule has 0 radical (unpaired) electrons. The molecule has 0 fully saturated rings. The third kappa shape index (κ3) is 3.40. The SMILES string of the molecule is OC(Br)C[PH](c1ccccc1)(c1ccccc1)c1ccccc1. The first-order chi connectivity index (χ1) is 11.2. The van der Waals surface area contributed by atoms with Gasteiger partial charge in [0, 0.05) is 0 Å². The van der Waals surface area contributed by atoms with Crippen molar-refractivity contribution in [3.63, 3.8) is 0 Å². The second-order valence-electron chi connectivity index (χ2n) is 5.64. The Morgan fingerprint density at radius 1 is 0.652 bits per heavy atom. The van der Waals surface area contributed by atoms with Gasteiger partial charge in [0.05, 0.1) is 0 Å². The second-order valence-corrected chi connectivity index (χ2v) is 10.6. The fourth-order valence-corrected chi connectivity index (χ4v) is 9.23. The first-order valence-corrected chi connectivity index (χ1v) is 10.8. The van der Waals surface area contributed by atoms with Crippen LogP contribution < -0.4 is 15.9 Å². The third-order valence-electron chi connectivity index (χ3n) is 4.27. The molecule has 0 spiro atoms. The van der Waals surface area contributed by atoms with Gasteiger partial charge in [0.25, 0.3) is 0 Å². The number of aliphatic hydroxyl groups excluding tert-OH is 1. The van der Waals surface area contributed by atoms with Crippen LogP contribution in [-0.2, 0) is 0 Å². The summed E-state index contributed by atoms with van der Waals surface area (Å²) in [5, 5.41) is 13.6. The van der Waals surface area contributed by atoms with Crippen LogP contribution in [0, 0.1) is 0 Å². The zero-order valence-electron chi connectivity index (χ0n) is 12.8. The van der Waals surface area contributed by atoms with Gasteiger partial charge in [0.2, 0.25) is 0 Å². The third-order valence-corrected chi connectivity index (χ3v) is 10.2. The van der Waals surface area contributed by atoms with E-state index in [-0.39, 0.29) is 0 Å². The first kappa shape index (κ1) is 16.4. The summed E-state index contributed by atoms with van der Waals surface area (Å²) in [5.41, 5.74) is 0. The summed E-state index contributed by atoms with van der Waals surface area (Å²) in [4.78, 5) is 0. The summed E-state index contributed by atoms with van der Waals surface area (Å²) in [6, 6.07) is 31.8. The molecular formula is C20H20BrOP. The topological polar surface area (TPSA) is 20.2 Å². The van der Waals surface area contributed by atoms with Gasteiger partial charge in [-0.25, -0.2) is 0 Å². The standard InChI is InChI=1S/C20H20BrOP/c21-20(22)16-23(17-10-4-1-5-11-17,18-12-6-2-7-13-18)19-14-8-3-9-15-19/h1-15,20,22-23H,16H2. The Kier molecular flexibility index (Phi) is 5.27. The van der Waals surface area contributed by atoms with Crippen molar-refractivity contribution >= 4 is 39.1 Å². The molecule has 0 aliphatic carbocycles. The summed E-state index contributed by atoms with van der Waals surface area (Å²) in [6.45, 7) is 0. The quantitative estimate of drug-likeness (QED) is 0.526. The van der Waals surface area contributed by atoms with Gasteiger partial charge in [-0.05, 0) is 0 Å². The summed E-state index contributed by atoms with van der Waals surface area (Å²) in [7, 11) is -2.28. The summed E-state index contributed by atoms with van der Waals surface area (Å²) in [6.07, 6.45) is 0.699. The van der Waals surface area contributed by atoms with Crippen molar-refractivity contribution in [1.82, 2.24) is 0 Å². The number of hydrogen-bond donors (Lipinski definition) is 1. The van der Waals surface area contributed by atoms with Crippen molar-refractivity contribution in [2.24, 2.45) is 0 Å². The maximum atomic E-state index is 10.2. The van der Waals surface area contributed by atoms with E-state index < -0.39 is 12.3 Å². The Bertz CT molecular complexity index is 633. The minimum atomic E-state index is -2.28. The molecule has 0 aliphatic rings. The Morgan fingerprint density at radius 3 is 1.22 bits per heavy atom. The molecule has 1 N–H and O–H groups in total. The first-order valence-electron chi connectivity index (χ1n) is 7.72. The molecule has 0 saturated heterocycles. The van der Waals surface area contributed by atoms with Crippen LogP contribution in [-0.4, -0.2) is 16.3 Å². The predicted molar refractivity (Wildman–Crippen MR) is 106 cm³/mol. The second kappa shape index (κ2) is 7.40. The fraction of sp³-hybridized carbons (Fsp3) is 0.100. The van der Waals surface area contributed by atoms with E-state index in [9.17, 15) is 5.11 Å². The molecule has 0 amide bonds. The number of aliphatic hydroxyl groups is 1. The molecule has 3 aromatic rings. The fourth-order valence-electron chi connectivity index (χ4n) is 3.27. The molecule has 23 heavy (non-hydrogen) atoms. The molecule has 0 aromatic heterocycles. The van der Waals surface area contributed by atoms with Crippen LogP contribution in [0.2, 0.25) is 0 Å². The van der Waals surface area contributed by atoms with E-state index in [4.69, 9.17) is 0 Å². The van der Waals surface area contributed by atoms with Crippen LogP contribution in [0.4, 0.5) is 0 Å². The van der Waals surface area contributed by atoms with Gasteiger partial charge in [0.1, 0.15) is 0 Å². The van der Waals surface area contributed by atoms with Crippen molar-refractivity contribution in [3.05, 3.63) is 91.0 Å². The van der Waals surface area contributed by atoms with Crippen LogP contribution in [0.5, 0.6) is 0 Å². The van der Waals surface area contributed by atoms with Crippen LogP contribution in [0.15, 0.2) is 91.0 Å². The minimum absolute atomic E-state index is 0.533. The summed E-state index contributed by atoms with van der Waals surface area (Å²) in [5.74, 6) is 0. The van der Waals surface area contributed by atoms with E-state index in [1.54, 1.807) is 0 Å². The number of alkyl halides is 1. The van der Waals surface area contributed by atoms with Gasteiger partial charge in [0.15, 0.2) is 0 Å². The molecule has 0 heterocycles. The van der Waals surface area contributed by atoms with E-state index in [0.29, 0.717) is 6.16 Å². The van der Waals surface area contributed by atoms with Gasteiger partial charge in [-0.1, -0.05) is 0 Å². The van der Waals surface area contributed by atoms with Gasteiger partial charge >= 0.3 is 146 Å². The molecule has 3 heteroatoms. The zero-order chi connectivity index (χ0) is 16.1. The molecule has 1 unspecified atom stereocenters. The van der Waals surface area contributed by atoms with E-state index >= 15 is 0 Å². The van der Waals surface area contributed by atoms with Crippen LogP contribution in [0.25, 0.3) is 0 Å². The van der Waals surface area contributed by atoms with Crippen molar-refractivity contribution in [2.75, 3.05) is 6.16 Å². The van der Waals surface area contributed by atoms with Gasteiger partial charge in [-0.2, -0.15) is 0 Å². The number of hydrogen-bond acceptors (Lipinski definition) is 1. The number of benzene rings is 3. The predicted octanol–water partition coefficient (Wildman–Crippen LogP) is 3.43. The van der Waals surface area contributed by atoms with E-state index in [0.717, 1.165) is 0 Å². The van der Waals surface area contributed by atoms with E-state index in [2.05, 4.69) is 88.7 Å². The molecule has 3 aromatic carbocycles. The monoisotopic (exact) mass is 386 g/mol. The van der Waals surface area contributed by atoms with Gasteiger partial charge < -0.3 is 0 Å². The van der Waals surface area contributed by atoms with E-state index in [1.165, 1.54) is 15.9 Å². The summed E-state index contributed by atoms with van der Waals surface area (Å²) >= 11 is 3.39. The maximum absolute atomic E-state index is 10.2. The summed E-state index contributed by atoms with van der Waals surface area (Å²) < 4.78 is 0.